The van der Waals surface area contributed by atoms with Crippen molar-refractivity contribution in [1.29, 1.82) is 0 Å². The summed E-state index contributed by atoms with van der Waals surface area (Å²) in [5.41, 5.74) is 3.17. The Morgan fingerprint density at radius 2 is 1.86 bits per heavy atom. The number of allylic oxidation sites excluding steroid dienone is 1. The standard InChI is InChI=1S/C23H23NO4/c1-4-28-23(26)15-19-16(2)24(21-12-11-18(27-3)14-20(19)21)22(25)13-10-17-8-6-5-7-9-17/h5-14H,4,15H2,1-3H3. The molecule has 0 bridgehead atoms. The van der Waals surface area contributed by atoms with E-state index in [-0.39, 0.29) is 18.3 Å². The molecule has 0 radical (unpaired) electrons. The number of nitrogens with zero attached hydrogens (tertiary/aromatic N) is 1. The highest BCUT2D eigenvalue weighted by molar-refractivity contribution is 6.03. The average Bonchev–Trinajstić information content (AvgIpc) is 2.98. The lowest BCUT2D eigenvalue weighted by Crippen LogP contribution is -2.11. The van der Waals surface area contributed by atoms with E-state index in [9.17, 15) is 9.59 Å². The highest BCUT2D eigenvalue weighted by Gasteiger charge is 2.20. The van der Waals surface area contributed by atoms with E-state index in [1.54, 1.807) is 36.8 Å². The molecule has 0 fully saturated rings. The van der Waals surface area contributed by atoms with Crippen molar-refractivity contribution in [2.75, 3.05) is 13.7 Å². The van der Waals surface area contributed by atoms with Crippen LogP contribution in [0.2, 0.25) is 0 Å². The summed E-state index contributed by atoms with van der Waals surface area (Å²) in [6.45, 7) is 3.93. The van der Waals surface area contributed by atoms with E-state index in [1.807, 2.05) is 49.4 Å². The second-order valence-corrected chi connectivity index (χ2v) is 6.35. The van der Waals surface area contributed by atoms with Crippen molar-refractivity contribution in [2.24, 2.45) is 0 Å². The normalized spacial score (nSPS) is 11.1. The van der Waals surface area contributed by atoms with E-state index < -0.39 is 0 Å². The van der Waals surface area contributed by atoms with Crippen LogP contribution < -0.4 is 4.74 Å². The van der Waals surface area contributed by atoms with Gasteiger partial charge in [0.15, 0.2) is 0 Å². The molecule has 0 spiro atoms. The fourth-order valence-corrected chi connectivity index (χ4v) is 3.26. The molecule has 0 atom stereocenters. The van der Waals surface area contributed by atoms with Crippen molar-refractivity contribution in [3.63, 3.8) is 0 Å². The van der Waals surface area contributed by atoms with Gasteiger partial charge in [-0.3, -0.25) is 14.2 Å². The first-order valence-electron chi connectivity index (χ1n) is 9.16. The molecule has 0 aliphatic rings. The summed E-state index contributed by atoms with van der Waals surface area (Å²) in [5, 5.41) is 0.811. The molecule has 5 heteroatoms. The number of fused-ring (bicyclic) bond motifs is 1. The summed E-state index contributed by atoms with van der Waals surface area (Å²) in [6.07, 6.45) is 3.42. The third-order valence-corrected chi connectivity index (χ3v) is 4.61. The fraction of sp³-hybridized carbons (Fsp3) is 0.217. The Morgan fingerprint density at radius 1 is 1.11 bits per heavy atom. The van der Waals surface area contributed by atoms with Gasteiger partial charge in [0, 0.05) is 17.2 Å². The van der Waals surface area contributed by atoms with Crippen LogP contribution in [0.5, 0.6) is 5.75 Å². The zero-order chi connectivity index (χ0) is 20.1. The minimum atomic E-state index is -0.320. The zero-order valence-corrected chi connectivity index (χ0v) is 16.3. The molecular weight excluding hydrogens is 354 g/mol. The summed E-state index contributed by atoms with van der Waals surface area (Å²) in [5.74, 6) is 0.174. The molecule has 3 aromatic rings. The summed E-state index contributed by atoms with van der Waals surface area (Å²) in [6, 6.07) is 15.1. The van der Waals surface area contributed by atoms with Gasteiger partial charge in [0.05, 0.1) is 25.7 Å². The summed E-state index contributed by atoms with van der Waals surface area (Å²) >= 11 is 0. The minimum absolute atomic E-state index is 0.103. The highest BCUT2D eigenvalue weighted by atomic mass is 16.5. The lowest BCUT2D eigenvalue weighted by molar-refractivity contribution is -0.142. The second-order valence-electron chi connectivity index (χ2n) is 6.35. The van der Waals surface area contributed by atoms with Crippen molar-refractivity contribution in [3.05, 3.63) is 71.4 Å². The van der Waals surface area contributed by atoms with Gasteiger partial charge in [-0.25, -0.2) is 0 Å². The first-order chi connectivity index (χ1) is 13.5. The van der Waals surface area contributed by atoms with Gasteiger partial charge in [0.2, 0.25) is 0 Å². The molecule has 1 aromatic heterocycles. The maximum absolute atomic E-state index is 13.0. The van der Waals surface area contributed by atoms with Crippen LogP contribution in [0.15, 0.2) is 54.6 Å². The van der Waals surface area contributed by atoms with Crippen LogP contribution in [0.1, 0.15) is 28.5 Å². The molecule has 5 nitrogen and oxygen atoms in total. The molecule has 2 aromatic carbocycles. The maximum atomic E-state index is 13.0. The molecule has 0 unspecified atom stereocenters. The number of benzene rings is 2. The van der Waals surface area contributed by atoms with Gasteiger partial charge in [-0.1, -0.05) is 30.3 Å². The summed E-state index contributed by atoms with van der Waals surface area (Å²) < 4.78 is 12.1. The molecule has 28 heavy (non-hydrogen) atoms. The SMILES string of the molecule is CCOC(=O)Cc1c(C)n(C(=O)C=Cc2ccccc2)c2ccc(OC)cc12. The van der Waals surface area contributed by atoms with Crippen LogP contribution >= 0.6 is 0 Å². The van der Waals surface area contributed by atoms with Gasteiger partial charge in [-0.15, -0.1) is 0 Å². The van der Waals surface area contributed by atoms with Gasteiger partial charge >= 0.3 is 5.97 Å². The topological polar surface area (TPSA) is 57.5 Å². The predicted molar refractivity (Wildman–Crippen MR) is 110 cm³/mol. The molecule has 0 aliphatic heterocycles. The van der Waals surface area contributed by atoms with E-state index in [0.717, 1.165) is 27.7 Å². The number of carbonyl (C=O) groups is 2. The van der Waals surface area contributed by atoms with Gasteiger partial charge in [0.25, 0.3) is 5.91 Å². The average molecular weight is 377 g/mol. The van der Waals surface area contributed by atoms with Crippen molar-refractivity contribution in [1.82, 2.24) is 4.57 Å². The van der Waals surface area contributed by atoms with Crippen LogP contribution in [0.4, 0.5) is 0 Å². The van der Waals surface area contributed by atoms with Crippen molar-refractivity contribution < 1.29 is 19.1 Å². The number of hydrogen-bond donors (Lipinski definition) is 0. The van der Waals surface area contributed by atoms with Crippen LogP contribution in [0, 0.1) is 6.92 Å². The number of rotatable bonds is 6. The van der Waals surface area contributed by atoms with E-state index >= 15 is 0 Å². The summed E-state index contributed by atoms with van der Waals surface area (Å²) in [4.78, 5) is 25.1. The molecule has 0 N–H and O–H groups in total. The quantitative estimate of drug-likeness (QED) is 0.471. The maximum Gasteiger partial charge on any atom is 0.310 e. The van der Waals surface area contributed by atoms with Crippen LogP contribution in [-0.4, -0.2) is 30.2 Å². The Hall–Kier alpha value is -3.34. The molecular formula is C23H23NO4. The number of hydrogen-bond acceptors (Lipinski definition) is 4. The minimum Gasteiger partial charge on any atom is -0.497 e. The number of ether oxygens (including phenoxy) is 2. The Kier molecular flexibility index (Phi) is 5.94. The smallest absolute Gasteiger partial charge is 0.310 e. The molecule has 0 saturated heterocycles. The van der Waals surface area contributed by atoms with Crippen molar-refractivity contribution in [2.45, 2.75) is 20.3 Å². The Bertz CT molecular complexity index is 1030. The lowest BCUT2D eigenvalue weighted by Gasteiger charge is -2.05. The Labute approximate surface area is 164 Å². The van der Waals surface area contributed by atoms with Gasteiger partial charge in [-0.2, -0.15) is 0 Å². The second kappa shape index (κ2) is 8.57. The Morgan fingerprint density at radius 3 is 2.54 bits per heavy atom. The fourth-order valence-electron chi connectivity index (χ4n) is 3.26. The van der Waals surface area contributed by atoms with E-state index in [4.69, 9.17) is 9.47 Å². The third-order valence-electron chi connectivity index (χ3n) is 4.61. The largest absolute Gasteiger partial charge is 0.497 e. The molecule has 0 amide bonds. The number of carbonyl (C=O) groups excluding carboxylic acids is 2. The van der Waals surface area contributed by atoms with Gasteiger partial charge in [-0.05, 0) is 49.2 Å². The van der Waals surface area contributed by atoms with Crippen LogP contribution in [0.3, 0.4) is 0 Å². The molecule has 1 heterocycles. The van der Waals surface area contributed by atoms with E-state index in [2.05, 4.69) is 0 Å². The summed E-state index contributed by atoms with van der Waals surface area (Å²) in [7, 11) is 1.59. The van der Waals surface area contributed by atoms with E-state index in [0.29, 0.717) is 12.4 Å². The lowest BCUT2D eigenvalue weighted by atomic mass is 10.1. The highest BCUT2D eigenvalue weighted by Crippen LogP contribution is 2.30. The predicted octanol–water partition coefficient (Wildman–Crippen LogP) is 4.42. The van der Waals surface area contributed by atoms with Crippen molar-refractivity contribution in [3.8, 4) is 5.75 Å². The zero-order valence-electron chi connectivity index (χ0n) is 16.3. The van der Waals surface area contributed by atoms with Crippen LogP contribution in [0.25, 0.3) is 17.0 Å². The molecule has 0 aliphatic carbocycles. The molecule has 0 saturated carbocycles. The number of aromatic nitrogens is 1. The number of methoxy groups -OCH3 is 1. The first-order valence-corrected chi connectivity index (χ1v) is 9.16. The van der Waals surface area contributed by atoms with Gasteiger partial charge in [0.1, 0.15) is 5.75 Å². The molecule has 144 valence electrons. The number of esters is 1. The van der Waals surface area contributed by atoms with Crippen molar-refractivity contribution >= 4 is 28.9 Å². The van der Waals surface area contributed by atoms with Gasteiger partial charge < -0.3 is 9.47 Å². The molecule has 3 rings (SSSR count). The Balaban J connectivity index is 2.06. The van der Waals surface area contributed by atoms with E-state index in [1.165, 1.54) is 0 Å². The van der Waals surface area contributed by atoms with Crippen LogP contribution in [-0.2, 0) is 16.0 Å². The third kappa shape index (κ3) is 3.98. The monoisotopic (exact) mass is 377 g/mol. The first kappa shape index (κ1) is 19.4.